The normalized spacial score (nSPS) is 18.0. The van der Waals surface area contributed by atoms with Gasteiger partial charge < -0.3 is 14.5 Å². The van der Waals surface area contributed by atoms with Crippen LogP contribution in [0.4, 0.5) is 0 Å². The molecule has 1 saturated heterocycles. The molecule has 1 aliphatic heterocycles. The van der Waals surface area contributed by atoms with E-state index < -0.39 is 0 Å². The van der Waals surface area contributed by atoms with Crippen LogP contribution in [0.3, 0.4) is 0 Å². The maximum Gasteiger partial charge on any atom is 0.248 e. The van der Waals surface area contributed by atoms with E-state index in [9.17, 15) is 4.79 Å². The van der Waals surface area contributed by atoms with Crippen molar-refractivity contribution in [2.75, 3.05) is 46.4 Å². The topological polar surface area (TPSA) is 32.8 Å². The molecule has 1 aromatic carbocycles. The van der Waals surface area contributed by atoms with Crippen molar-refractivity contribution in [1.29, 1.82) is 0 Å². The third kappa shape index (κ3) is 5.11. The van der Waals surface area contributed by atoms with Crippen molar-refractivity contribution >= 4 is 5.91 Å². The Morgan fingerprint density at radius 3 is 2.68 bits per heavy atom. The monoisotopic (exact) mass is 304 g/mol. The van der Waals surface area contributed by atoms with Crippen LogP contribution in [-0.4, -0.2) is 62.1 Å². The molecule has 22 heavy (non-hydrogen) atoms. The van der Waals surface area contributed by atoms with Gasteiger partial charge in [-0.15, -0.1) is 0 Å². The lowest BCUT2D eigenvalue weighted by molar-refractivity contribution is -0.135. The summed E-state index contributed by atoms with van der Waals surface area (Å²) < 4.78 is 4.95. The summed E-state index contributed by atoms with van der Waals surface area (Å²) in [6.07, 6.45) is 2.21. The van der Waals surface area contributed by atoms with Crippen LogP contribution in [0.25, 0.3) is 0 Å². The fourth-order valence-corrected chi connectivity index (χ4v) is 2.98. The van der Waals surface area contributed by atoms with Gasteiger partial charge in [0, 0.05) is 26.7 Å². The minimum Gasteiger partial charge on any atom is -0.375 e. The highest BCUT2D eigenvalue weighted by Gasteiger charge is 2.19. The van der Waals surface area contributed by atoms with Crippen molar-refractivity contribution in [3.8, 4) is 0 Å². The lowest BCUT2D eigenvalue weighted by atomic mass is 9.98. The minimum atomic E-state index is 0.113. The molecule has 2 rings (SSSR count). The van der Waals surface area contributed by atoms with E-state index in [1.165, 1.54) is 5.56 Å². The van der Waals surface area contributed by atoms with Gasteiger partial charge in [-0.2, -0.15) is 0 Å². The molecule has 0 spiro atoms. The highest BCUT2D eigenvalue weighted by atomic mass is 16.5. The van der Waals surface area contributed by atoms with Gasteiger partial charge in [-0.3, -0.25) is 4.79 Å². The van der Waals surface area contributed by atoms with Crippen molar-refractivity contribution < 1.29 is 9.53 Å². The highest BCUT2D eigenvalue weighted by Crippen LogP contribution is 2.19. The SMILES string of the molecule is COCC(=O)N1CCCN(CCC(C)c2ccccc2)CC1. The summed E-state index contributed by atoms with van der Waals surface area (Å²) in [5.41, 5.74) is 1.41. The second kappa shape index (κ2) is 8.91. The van der Waals surface area contributed by atoms with Crippen LogP contribution in [0, 0.1) is 0 Å². The predicted octanol–water partition coefficient (Wildman–Crippen LogP) is 2.36. The Labute approximate surface area is 134 Å². The first-order chi connectivity index (χ1) is 10.7. The van der Waals surface area contributed by atoms with Crippen molar-refractivity contribution in [3.63, 3.8) is 0 Å². The van der Waals surface area contributed by atoms with E-state index in [-0.39, 0.29) is 12.5 Å². The molecule has 0 aliphatic carbocycles. The van der Waals surface area contributed by atoms with E-state index in [1.54, 1.807) is 7.11 Å². The zero-order valence-corrected chi connectivity index (χ0v) is 13.8. The second-order valence-corrected chi connectivity index (χ2v) is 6.11. The standard InChI is InChI=1S/C18H28N2O2/c1-16(17-7-4-3-5-8-17)9-12-19-10-6-11-20(14-13-19)18(21)15-22-2/h3-5,7-8,16H,6,9-15H2,1-2H3. The van der Waals surface area contributed by atoms with Crippen LogP contribution in [0.2, 0.25) is 0 Å². The fraction of sp³-hybridized carbons (Fsp3) is 0.611. The van der Waals surface area contributed by atoms with Crippen molar-refractivity contribution in [2.24, 2.45) is 0 Å². The molecule has 4 nitrogen and oxygen atoms in total. The molecule has 0 aromatic heterocycles. The average molecular weight is 304 g/mol. The van der Waals surface area contributed by atoms with E-state index >= 15 is 0 Å². The molecule has 1 aliphatic rings. The number of amides is 1. The number of carbonyl (C=O) groups excluding carboxylic acids is 1. The Kier molecular flexibility index (Phi) is 6.87. The molecule has 1 atom stereocenters. The van der Waals surface area contributed by atoms with Gasteiger partial charge in [0.2, 0.25) is 5.91 Å². The molecule has 4 heteroatoms. The van der Waals surface area contributed by atoms with Crippen molar-refractivity contribution in [2.45, 2.75) is 25.7 Å². The number of hydrogen-bond donors (Lipinski definition) is 0. The number of rotatable bonds is 6. The fourth-order valence-electron chi connectivity index (χ4n) is 2.98. The summed E-state index contributed by atoms with van der Waals surface area (Å²) in [4.78, 5) is 16.3. The largest absolute Gasteiger partial charge is 0.375 e. The molecule has 0 saturated carbocycles. The van der Waals surface area contributed by atoms with E-state index in [0.29, 0.717) is 5.92 Å². The maximum atomic E-state index is 11.9. The van der Waals surface area contributed by atoms with Gasteiger partial charge in [-0.1, -0.05) is 37.3 Å². The number of nitrogens with zero attached hydrogens (tertiary/aromatic N) is 2. The molecule has 1 heterocycles. The van der Waals surface area contributed by atoms with E-state index in [1.807, 2.05) is 4.90 Å². The number of benzene rings is 1. The quantitative estimate of drug-likeness (QED) is 0.809. The molecule has 0 bridgehead atoms. The van der Waals surface area contributed by atoms with Gasteiger partial charge in [0.1, 0.15) is 6.61 Å². The Hall–Kier alpha value is -1.39. The van der Waals surface area contributed by atoms with E-state index in [4.69, 9.17) is 4.74 Å². The summed E-state index contributed by atoms with van der Waals surface area (Å²) in [6.45, 7) is 7.32. The zero-order chi connectivity index (χ0) is 15.8. The van der Waals surface area contributed by atoms with Gasteiger partial charge >= 0.3 is 0 Å². The smallest absolute Gasteiger partial charge is 0.248 e. The number of ether oxygens (including phenoxy) is 1. The molecule has 1 unspecified atom stereocenters. The molecule has 122 valence electrons. The molecular formula is C18H28N2O2. The molecule has 0 radical (unpaired) electrons. The van der Waals surface area contributed by atoms with Gasteiger partial charge in [-0.25, -0.2) is 0 Å². The average Bonchev–Trinajstić information content (AvgIpc) is 2.79. The third-order valence-corrected chi connectivity index (χ3v) is 4.46. The molecule has 1 aromatic rings. The molecule has 0 N–H and O–H groups in total. The lowest BCUT2D eigenvalue weighted by Crippen LogP contribution is -2.37. The second-order valence-electron chi connectivity index (χ2n) is 6.11. The first kappa shape index (κ1) is 17.0. The minimum absolute atomic E-state index is 0.113. The Bertz CT molecular complexity index is 450. The first-order valence-electron chi connectivity index (χ1n) is 8.24. The van der Waals surface area contributed by atoms with Crippen LogP contribution >= 0.6 is 0 Å². The number of carbonyl (C=O) groups is 1. The lowest BCUT2D eigenvalue weighted by Gasteiger charge is -2.23. The van der Waals surface area contributed by atoms with E-state index in [0.717, 1.165) is 45.6 Å². The third-order valence-electron chi connectivity index (χ3n) is 4.46. The van der Waals surface area contributed by atoms with Crippen LogP contribution in [0.15, 0.2) is 30.3 Å². The van der Waals surface area contributed by atoms with Crippen LogP contribution < -0.4 is 0 Å². The van der Waals surface area contributed by atoms with Crippen molar-refractivity contribution in [3.05, 3.63) is 35.9 Å². The Balaban J connectivity index is 1.76. The van der Waals surface area contributed by atoms with Gasteiger partial charge in [-0.05, 0) is 37.4 Å². The Morgan fingerprint density at radius 1 is 1.18 bits per heavy atom. The zero-order valence-electron chi connectivity index (χ0n) is 13.8. The van der Waals surface area contributed by atoms with Crippen LogP contribution in [0.1, 0.15) is 31.2 Å². The Morgan fingerprint density at radius 2 is 1.95 bits per heavy atom. The summed E-state index contributed by atoms with van der Waals surface area (Å²) in [5.74, 6) is 0.692. The summed E-state index contributed by atoms with van der Waals surface area (Å²) in [5, 5.41) is 0. The molecule has 1 fully saturated rings. The first-order valence-corrected chi connectivity index (χ1v) is 8.24. The number of hydrogen-bond acceptors (Lipinski definition) is 3. The van der Waals surface area contributed by atoms with Crippen LogP contribution in [0.5, 0.6) is 0 Å². The van der Waals surface area contributed by atoms with Gasteiger partial charge in [0.25, 0.3) is 0 Å². The summed E-state index contributed by atoms with van der Waals surface area (Å²) in [7, 11) is 1.58. The summed E-state index contributed by atoms with van der Waals surface area (Å²) >= 11 is 0. The van der Waals surface area contributed by atoms with Crippen molar-refractivity contribution in [1.82, 2.24) is 9.80 Å². The van der Waals surface area contributed by atoms with E-state index in [2.05, 4.69) is 42.2 Å². The van der Waals surface area contributed by atoms with Crippen LogP contribution in [-0.2, 0) is 9.53 Å². The summed E-state index contributed by atoms with van der Waals surface area (Å²) in [6, 6.07) is 10.7. The van der Waals surface area contributed by atoms with Gasteiger partial charge in [0.05, 0.1) is 0 Å². The highest BCUT2D eigenvalue weighted by molar-refractivity contribution is 5.77. The number of methoxy groups -OCH3 is 1. The molecular weight excluding hydrogens is 276 g/mol. The van der Waals surface area contributed by atoms with Gasteiger partial charge in [0.15, 0.2) is 0 Å². The molecule has 1 amide bonds. The maximum absolute atomic E-state index is 11.9. The predicted molar refractivity (Wildman–Crippen MR) is 89.0 cm³/mol.